The van der Waals surface area contributed by atoms with Crippen LogP contribution >= 0.6 is 11.6 Å². The standard InChI is InChI=1S/C26H18ClFN2O5S/c1-34-24-14-18(16-3-2-4-19(27)11-16)13-22(28)26(24)30-23-7-6-21(12-17(23)5-8-25(30)31)36(32,33)15-20-9-10-35-29-20/h2-14H,15H2,1H3. The van der Waals surface area contributed by atoms with Gasteiger partial charge in [0, 0.05) is 22.5 Å². The lowest BCUT2D eigenvalue weighted by Gasteiger charge is -2.17. The second kappa shape index (κ2) is 9.25. The van der Waals surface area contributed by atoms with Crippen molar-refractivity contribution in [3.8, 4) is 22.6 Å². The van der Waals surface area contributed by atoms with Crippen molar-refractivity contribution < 1.29 is 22.1 Å². The van der Waals surface area contributed by atoms with Crippen molar-refractivity contribution in [3.63, 3.8) is 0 Å². The molecule has 0 spiro atoms. The average Bonchev–Trinajstić information content (AvgIpc) is 3.36. The molecule has 5 rings (SSSR count). The van der Waals surface area contributed by atoms with Gasteiger partial charge in [-0.05, 0) is 59.7 Å². The number of methoxy groups -OCH3 is 1. The fourth-order valence-corrected chi connectivity index (χ4v) is 5.50. The van der Waals surface area contributed by atoms with Crippen molar-refractivity contribution >= 4 is 32.3 Å². The van der Waals surface area contributed by atoms with Crippen molar-refractivity contribution in [1.29, 1.82) is 0 Å². The fourth-order valence-electron chi connectivity index (χ4n) is 4.02. The van der Waals surface area contributed by atoms with Crippen LogP contribution in [-0.4, -0.2) is 25.3 Å². The number of hydrogen-bond acceptors (Lipinski definition) is 6. The molecule has 0 aliphatic carbocycles. The summed E-state index contributed by atoms with van der Waals surface area (Å²) in [6.07, 6.45) is 1.30. The van der Waals surface area contributed by atoms with Crippen LogP contribution in [0.5, 0.6) is 5.75 Å². The Balaban J connectivity index is 1.66. The maximum absolute atomic E-state index is 15.6. The predicted molar refractivity (Wildman–Crippen MR) is 134 cm³/mol. The van der Waals surface area contributed by atoms with Crippen LogP contribution in [0.4, 0.5) is 4.39 Å². The molecule has 7 nitrogen and oxygen atoms in total. The van der Waals surface area contributed by atoms with Gasteiger partial charge in [0.15, 0.2) is 15.7 Å². The van der Waals surface area contributed by atoms with Gasteiger partial charge in [0.25, 0.3) is 5.56 Å². The topological polar surface area (TPSA) is 91.4 Å². The number of nitrogens with zero attached hydrogens (tertiary/aromatic N) is 2. The largest absolute Gasteiger partial charge is 0.494 e. The molecular weight excluding hydrogens is 507 g/mol. The number of halogens is 2. The van der Waals surface area contributed by atoms with Crippen molar-refractivity contribution in [2.75, 3.05) is 7.11 Å². The van der Waals surface area contributed by atoms with Crippen LogP contribution in [0.3, 0.4) is 0 Å². The zero-order valence-corrected chi connectivity index (χ0v) is 20.4. The molecule has 0 aliphatic heterocycles. The molecule has 0 unspecified atom stereocenters. The first-order chi connectivity index (χ1) is 17.3. The minimum absolute atomic E-state index is 0.0342. The van der Waals surface area contributed by atoms with Crippen molar-refractivity contribution in [3.05, 3.63) is 106 Å². The zero-order chi connectivity index (χ0) is 25.4. The van der Waals surface area contributed by atoms with Crippen molar-refractivity contribution in [2.24, 2.45) is 0 Å². The molecule has 10 heteroatoms. The molecule has 0 fully saturated rings. The first kappa shape index (κ1) is 23.8. The molecule has 0 aliphatic rings. The van der Waals surface area contributed by atoms with E-state index in [1.54, 1.807) is 30.3 Å². The van der Waals surface area contributed by atoms with E-state index in [0.29, 0.717) is 27.1 Å². The number of sulfone groups is 1. The Labute approximate surface area is 210 Å². The normalized spacial score (nSPS) is 11.6. The molecule has 0 amide bonds. The smallest absolute Gasteiger partial charge is 0.255 e. The first-order valence-electron chi connectivity index (χ1n) is 10.7. The molecule has 0 atom stereocenters. The molecule has 0 saturated carbocycles. The Kier molecular flexibility index (Phi) is 6.11. The van der Waals surface area contributed by atoms with Crippen LogP contribution in [-0.2, 0) is 15.6 Å². The third kappa shape index (κ3) is 4.38. The number of fused-ring (bicyclic) bond motifs is 1. The van der Waals surface area contributed by atoms with Gasteiger partial charge in [0.1, 0.15) is 23.5 Å². The molecular formula is C26H18ClFN2O5S. The number of ether oxygens (including phenoxy) is 1. The molecule has 0 N–H and O–H groups in total. The van der Waals surface area contributed by atoms with Gasteiger partial charge in [-0.3, -0.25) is 9.36 Å². The molecule has 2 aromatic heterocycles. The quantitative estimate of drug-likeness (QED) is 0.294. The Hall–Kier alpha value is -3.95. The molecule has 2 heterocycles. The number of hydrogen-bond donors (Lipinski definition) is 0. The lowest BCUT2D eigenvalue weighted by Crippen LogP contribution is -2.19. The number of aromatic nitrogens is 2. The minimum atomic E-state index is -3.74. The van der Waals surface area contributed by atoms with Crippen LogP contribution in [0.1, 0.15) is 5.69 Å². The van der Waals surface area contributed by atoms with Gasteiger partial charge in [-0.15, -0.1) is 0 Å². The molecule has 3 aromatic carbocycles. The maximum atomic E-state index is 15.6. The molecule has 0 bridgehead atoms. The average molecular weight is 525 g/mol. The van der Waals surface area contributed by atoms with Crippen LogP contribution in [0.15, 0.2) is 93.3 Å². The van der Waals surface area contributed by atoms with E-state index in [2.05, 4.69) is 5.16 Å². The van der Waals surface area contributed by atoms with Crippen LogP contribution in [0.25, 0.3) is 27.7 Å². The van der Waals surface area contributed by atoms with E-state index >= 15 is 4.39 Å². The summed E-state index contributed by atoms with van der Waals surface area (Å²) in [4.78, 5) is 13.0. The Morgan fingerprint density at radius 1 is 1.03 bits per heavy atom. The van der Waals surface area contributed by atoms with Gasteiger partial charge in [-0.1, -0.05) is 28.9 Å². The summed E-state index contributed by atoms with van der Waals surface area (Å²) >= 11 is 6.08. The van der Waals surface area contributed by atoms with E-state index in [0.717, 1.165) is 0 Å². The summed E-state index contributed by atoms with van der Waals surface area (Å²) in [7, 11) is -2.36. The number of pyridine rings is 1. The van der Waals surface area contributed by atoms with Gasteiger partial charge in [-0.2, -0.15) is 0 Å². The first-order valence-corrected chi connectivity index (χ1v) is 12.7. The number of benzene rings is 3. The van der Waals surface area contributed by atoms with E-state index in [1.165, 1.54) is 60.4 Å². The summed E-state index contributed by atoms with van der Waals surface area (Å²) < 4.78 is 52.7. The van der Waals surface area contributed by atoms with Crippen LogP contribution < -0.4 is 10.3 Å². The molecule has 0 saturated heterocycles. The highest BCUT2D eigenvalue weighted by Crippen LogP contribution is 2.34. The molecule has 182 valence electrons. The third-order valence-electron chi connectivity index (χ3n) is 5.68. The summed E-state index contributed by atoms with van der Waals surface area (Å²) in [5.74, 6) is -0.911. The van der Waals surface area contributed by atoms with E-state index < -0.39 is 21.2 Å². The summed E-state index contributed by atoms with van der Waals surface area (Å²) in [5, 5.41) is 4.58. The van der Waals surface area contributed by atoms with Crippen molar-refractivity contribution in [1.82, 2.24) is 9.72 Å². The highest BCUT2D eigenvalue weighted by molar-refractivity contribution is 7.90. The van der Waals surface area contributed by atoms with Gasteiger partial charge in [0.2, 0.25) is 0 Å². The highest BCUT2D eigenvalue weighted by Gasteiger charge is 2.21. The molecule has 0 radical (unpaired) electrons. The third-order valence-corrected chi connectivity index (χ3v) is 7.57. The van der Waals surface area contributed by atoms with E-state index in [1.807, 2.05) is 0 Å². The van der Waals surface area contributed by atoms with E-state index in [-0.39, 0.29) is 27.8 Å². The highest BCUT2D eigenvalue weighted by atomic mass is 35.5. The summed E-state index contributed by atoms with van der Waals surface area (Å²) in [6, 6.07) is 18.3. The lowest BCUT2D eigenvalue weighted by molar-refractivity contribution is 0.409. The second-order valence-corrected chi connectivity index (χ2v) is 10.4. The zero-order valence-electron chi connectivity index (χ0n) is 18.8. The predicted octanol–water partition coefficient (Wildman–Crippen LogP) is 5.42. The molecule has 5 aromatic rings. The summed E-state index contributed by atoms with van der Waals surface area (Å²) in [6.45, 7) is 0. The Morgan fingerprint density at radius 2 is 1.86 bits per heavy atom. The van der Waals surface area contributed by atoms with Crippen LogP contribution in [0, 0.1) is 5.82 Å². The lowest BCUT2D eigenvalue weighted by atomic mass is 10.0. The maximum Gasteiger partial charge on any atom is 0.255 e. The van der Waals surface area contributed by atoms with Gasteiger partial charge in [0.05, 0.1) is 23.2 Å². The van der Waals surface area contributed by atoms with Crippen LogP contribution in [0.2, 0.25) is 5.02 Å². The minimum Gasteiger partial charge on any atom is -0.494 e. The SMILES string of the molecule is COc1cc(-c2cccc(Cl)c2)cc(F)c1-n1c(=O)ccc2cc(S(=O)(=O)Cc3ccon3)ccc21. The van der Waals surface area contributed by atoms with E-state index in [9.17, 15) is 13.2 Å². The van der Waals surface area contributed by atoms with Gasteiger partial charge in [-0.25, -0.2) is 12.8 Å². The summed E-state index contributed by atoms with van der Waals surface area (Å²) in [5.41, 5.74) is 1.19. The molecule has 36 heavy (non-hydrogen) atoms. The van der Waals surface area contributed by atoms with E-state index in [4.69, 9.17) is 20.9 Å². The van der Waals surface area contributed by atoms with Crippen molar-refractivity contribution in [2.45, 2.75) is 10.6 Å². The fraction of sp³-hybridized carbons (Fsp3) is 0.0769. The Bertz CT molecular complexity index is 1770. The van der Waals surface area contributed by atoms with Gasteiger partial charge >= 0.3 is 0 Å². The Morgan fingerprint density at radius 3 is 2.58 bits per heavy atom. The second-order valence-electron chi connectivity index (χ2n) is 8.00. The monoisotopic (exact) mass is 524 g/mol. The number of rotatable bonds is 6. The van der Waals surface area contributed by atoms with Gasteiger partial charge < -0.3 is 9.26 Å².